The molecule has 0 bridgehead atoms. The Morgan fingerprint density at radius 3 is 2.57 bits per heavy atom. The Balaban J connectivity index is 2.46. The van der Waals surface area contributed by atoms with Gasteiger partial charge in [-0.25, -0.2) is 9.78 Å². The summed E-state index contributed by atoms with van der Waals surface area (Å²) < 4.78 is 38.4. The van der Waals surface area contributed by atoms with E-state index in [1.807, 2.05) is 18.9 Å². The largest absolute Gasteiger partial charge is 0.478 e. The molecule has 1 fully saturated rings. The highest BCUT2D eigenvalue weighted by Crippen LogP contribution is 2.31. The van der Waals surface area contributed by atoms with Crippen molar-refractivity contribution in [2.75, 3.05) is 31.6 Å². The number of hydrogen-bond acceptors (Lipinski definition) is 4. The summed E-state index contributed by atoms with van der Waals surface area (Å²) in [5, 5.41) is 9.17. The summed E-state index contributed by atoms with van der Waals surface area (Å²) in [6, 6.07) is 1.56. The van der Waals surface area contributed by atoms with Gasteiger partial charge in [-0.05, 0) is 26.1 Å². The number of carboxylic acids is 1. The summed E-state index contributed by atoms with van der Waals surface area (Å²) in [7, 11) is 1.91. The van der Waals surface area contributed by atoms with Crippen molar-refractivity contribution >= 4 is 11.8 Å². The zero-order valence-electron chi connectivity index (χ0n) is 11.7. The smallest absolute Gasteiger partial charge is 0.433 e. The number of pyridine rings is 1. The molecule has 1 saturated heterocycles. The molecule has 0 amide bonds. The average molecular weight is 303 g/mol. The quantitative estimate of drug-likeness (QED) is 0.905. The zero-order chi connectivity index (χ0) is 15.8. The van der Waals surface area contributed by atoms with E-state index in [4.69, 9.17) is 5.11 Å². The van der Waals surface area contributed by atoms with Gasteiger partial charge in [-0.2, -0.15) is 13.2 Å². The number of carbonyl (C=O) groups is 1. The summed E-state index contributed by atoms with van der Waals surface area (Å²) >= 11 is 0. The second-order valence-corrected chi connectivity index (χ2v) is 5.18. The summed E-state index contributed by atoms with van der Waals surface area (Å²) in [6.07, 6.45) is -4.60. The van der Waals surface area contributed by atoms with E-state index in [1.54, 1.807) is 4.90 Å². The van der Waals surface area contributed by atoms with Crippen LogP contribution in [-0.2, 0) is 6.18 Å². The fourth-order valence-corrected chi connectivity index (χ4v) is 2.45. The van der Waals surface area contributed by atoms with Crippen LogP contribution in [0, 0.1) is 0 Å². The lowest BCUT2D eigenvalue weighted by Gasteiger charge is -2.39. The van der Waals surface area contributed by atoms with Crippen LogP contribution in [0.25, 0.3) is 0 Å². The van der Waals surface area contributed by atoms with Crippen LogP contribution < -0.4 is 4.90 Å². The molecule has 0 radical (unpaired) electrons. The van der Waals surface area contributed by atoms with Crippen LogP contribution in [0.4, 0.5) is 19.0 Å². The molecule has 1 aromatic heterocycles. The number of likely N-dealkylation sites (N-methyl/N-ethyl adjacent to an activating group) is 1. The molecule has 2 rings (SSSR count). The van der Waals surface area contributed by atoms with Crippen molar-refractivity contribution in [2.45, 2.75) is 19.1 Å². The van der Waals surface area contributed by atoms with Crippen molar-refractivity contribution in [1.82, 2.24) is 9.88 Å². The Labute approximate surface area is 120 Å². The molecule has 116 valence electrons. The molecule has 2 heterocycles. The summed E-state index contributed by atoms with van der Waals surface area (Å²) in [5.41, 5.74) is -1.28. The van der Waals surface area contributed by atoms with Crippen LogP contribution in [0.1, 0.15) is 23.0 Å². The number of nitrogens with zero attached hydrogens (tertiary/aromatic N) is 3. The minimum absolute atomic E-state index is 0.113. The number of piperazine rings is 1. The SMILES string of the molecule is CC1CN(C)CCN1c1nc(C(F)(F)F)ccc1C(=O)O. The van der Waals surface area contributed by atoms with E-state index < -0.39 is 17.8 Å². The molecular weight excluding hydrogens is 287 g/mol. The van der Waals surface area contributed by atoms with Crippen LogP contribution in [-0.4, -0.2) is 53.7 Å². The maximum Gasteiger partial charge on any atom is 0.433 e. The Hall–Kier alpha value is -1.83. The molecule has 0 aliphatic carbocycles. The number of alkyl halides is 3. The lowest BCUT2D eigenvalue weighted by Crippen LogP contribution is -2.51. The maximum atomic E-state index is 12.8. The number of halogens is 3. The number of rotatable bonds is 2. The summed E-state index contributed by atoms with van der Waals surface area (Å²) in [5.74, 6) is -1.39. The molecule has 1 unspecified atom stereocenters. The molecule has 1 N–H and O–H groups in total. The lowest BCUT2D eigenvalue weighted by molar-refractivity contribution is -0.141. The zero-order valence-corrected chi connectivity index (χ0v) is 11.7. The molecule has 21 heavy (non-hydrogen) atoms. The molecule has 5 nitrogen and oxygen atoms in total. The van der Waals surface area contributed by atoms with Crippen molar-refractivity contribution in [3.05, 3.63) is 23.4 Å². The van der Waals surface area contributed by atoms with Gasteiger partial charge in [-0.15, -0.1) is 0 Å². The molecule has 1 aliphatic heterocycles. The minimum atomic E-state index is -4.60. The molecule has 1 atom stereocenters. The average Bonchev–Trinajstić information content (AvgIpc) is 2.37. The van der Waals surface area contributed by atoms with Crippen molar-refractivity contribution in [2.24, 2.45) is 0 Å². The number of aromatic nitrogens is 1. The van der Waals surface area contributed by atoms with Crippen LogP contribution in [0.15, 0.2) is 12.1 Å². The first kappa shape index (κ1) is 15.6. The van der Waals surface area contributed by atoms with Gasteiger partial charge in [0.05, 0.1) is 0 Å². The normalized spacial score (nSPS) is 20.6. The number of hydrogen-bond donors (Lipinski definition) is 1. The highest BCUT2D eigenvalue weighted by atomic mass is 19.4. The number of aromatic carboxylic acids is 1. The van der Waals surface area contributed by atoms with Crippen molar-refractivity contribution in [1.29, 1.82) is 0 Å². The van der Waals surface area contributed by atoms with Gasteiger partial charge in [0.2, 0.25) is 0 Å². The first-order chi connectivity index (χ1) is 9.70. The van der Waals surface area contributed by atoms with Gasteiger partial charge in [0.15, 0.2) is 0 Å². The van der Waals surface area contributed by atoms with E-state index in [9.17, 15) is 18.0 Å². The third kappa shape index (κ3) is 3.26. The molecule has 0 aromatic carbocycles. The molecule has 8 heteroatoms. The van der Waals surface area contributed by atoms with Gasteiger partial charge >= 0.3 is 12.1 Å². The molecule has 1 aliphatic rings. The predicted molar refractivity (Wildman–Crippen MR) is 70.5 cm³/mol. The van der Waals surface area contributed by atoms with E-state index in [2.05, 4.69) is 4.98 Å². The standard InChI is InChI=1S/C13H16F3N3O2/c1-8-7-18(2)5-6-19(8)11-9(12(20)21)3-4-10(17-11)13(14,15)16/h3-4,8H,5-7H2,1-2H3,(H,20,21). The van der Waals surface area contributed by atoms with Gasteiger partial charge in [-0.3, -0.25) is 0 Å². The molecule has 0 saturated carbocycles. The third-order valence-corrected chi connectivity index (χ3v) is 3.50. The predicted octanol–water partition coefficient (Wildman–Crippen LogP) is 1.94. The van der Waals surface area contributed by atoms with E-state index in [0.717, 1.165) is 6.07 Å². The Morgan fingerprint density at radius 2 is 2.05 bits per heavy atom. The van der Waals surface area contributed by atoms with Crippen LogP contribution in [0.3, 0.4) is 0 Å². The van der Waals surface area contributed by atoms with E-state index >= 15 is 0 Å². The topological polar surface area (TPSA) is 56.7 Å². The monoisotopic (exact) mass is 303 g/mol. The van der Waals surface area contributed by atoms with Crippen molar-refractivity contribution < 1.29 is 23.1 Å². The van der Waals surface area contributed by atoms with Gasteiger partial charge in [-0.1, -0.05) is 0 Å². The highest BCUT2D eigenvalue weighted by molar-refractivity contribution is 5.93. The number of anilines is 1. The van der Waals surface area contributed by atoms with Gasteiger partial charge in [0.25, 0.3) is 0 Å². The van der Waals surface area contributed by atoms with Gasteiger partial charge < -0.3 is 14.9 Å². The fourth-order valence-electron chi connectivity index (χ4n) is 2.45. The summed E-state index contributed by atoms with van der Waals surface area (Å²) in [6.45, 7) is 3.55. The molecule has 1 aromatic rings. The summed E-state index contributed by atoms with van der Waals surface area (Å²) in [4.78, 5) is 18.5. The van der Waals surface area contributed by atoms with Crippen molar-refractivity contribution in [3.8, 4) is 0 Å². The Bertz CT molecular complexity index is 548. The van der Waals surface area contributed by atoms with Crippen molar-refractivity contribution in [3.63, 3.8) is 0 Å². The van der Waals surface area contributed by atoms with E-state index in [1.165, 1.54) is 0 Å². The minimum Gasteiger partial charge on any atom is -0.478 e. The second-order valence-electron chi connectivity index (χ2n) is 5.18. The number of carboxylic acid groups (broad SMARTS) is 1. The highest BCUT2D eigenvalue weighted by Gasteiger charge is 2.35. The van der Waals surface area contributed by atoms with E-state index in [-0.39, 0.29) is 17.4 Å². The van der Waals surface area contributed by atoms with Crippen LogP contribution >= 0.6 is 0 Å². The second kappa shape index (κ2) is 5.51. The lowest BCUT2D eigenvalue weighted by atomic mass is 10.1. The molecule has 0 spiro atoms. The first-order valence-electron chi connectivity index (χ1n) is 6.47. The van der Waals surface area contributed by atoms with Gasteiger partial charge in [0.1, 0.15) is 17.1 Å². The fraction of sp³-hybridized carbons (Fsp3) is 0.538. The molecular formula is C13H16F3N3O2. The van der Waals surface area contributed by atoms with E-state index in [0.29, 0.717) is 25.7 Å². The Morgan fingerprint density at radius 1 is 1.38 bits per heavy atom. The van der Waals surface area contributed by atoms with Crippen LogP contribution in [0.2, 0.25) is 0 Å². The van der Waals surface area contributed by atoms with Gasteiger partial charge in [0, 0.05) is 25.7 Å². The Kier molecular flexibility index (Phi) is 4.08. The third-order valence-electron chi connectivity index (χ3n) is 3.50. The van der Waals surface area contributed by atoms with Crippen LogP contribution in [0.5, 0.6) is 0 Å². The maximum absolute atomic E-state index is 12.8. The first-order valence-corrected chi connectivity index (χ1v) is 6.47.